The van der Waals surface area contributed by atoms with Crippen molar-refractivity contribution in [2.45, 2.75) is 38.1 Å². The van der Waals surface area contributed by atoms with E-state index in [1.165, 1.54) is 18.2 Å². The Kier molecular flexibility index (Phi) is 4.61. The van der Waals surface area contributed by atoms with E-state index in [1.54, 1.807) is 6.92 Å². The minimum Gasteiger partial charge on any atom is -0.487 e. The van der Waals surface area contributed by atoms with E-state index in [4.69, 9.17) is 4.74 Å². The Morgan fingerprint density at radius 2 is 2.18 bits per heavy atom. The number of carbonyl (C=O) groups excluding carboxylic acids is 1. The molecular weight excluding hydrogens is 286 g/mol. The normalized spacial score (nSPS) is 15.8. The first-order valence-corrected chi connectivity index (χ1v) is 7.16. The van der Waals surface area contributed by atoms with Gasteiger partial charge in [0.2, 0.25) is 0 Å². The van der Waals surface area contributed by atoms with Crippen molar-refractivity contribution in [2.24, 2.45) is 0 Å². The minimum atomic E-state index is -0.857. The Morgan fingerprint density at radius 3 is 2.73 bits per heavy atom. The first kappa shape index (κ1) is 15.8. The van der Waals surface area contributed by atoms with Gasteiger partial charge in [-0.1, -0.05) is 0 Å². The van der Waals surface area contributed by atoms with E-state index in [0.717, 1.165) is 12.8 Å². The predicted molar refractivity (Wildman–Crippen MR) is 78.5 cm³/mol. The number of nitrogens with zero attached hydrogens (tertiary/aromatic N) is 2. The fourth-order valence-corrected chi connectivity index (χ4v) is 2.61. The van der Waals surface area contributed by atoms with E-state index in [2.05, 4.69) is 11.4 Å². The highest BCUT2D eigenvalue weighted by atomic mass is 16.6. The third kappa shape index (κ3) is 3.17. The molecule has 0 spiro atoms. The van der Waals surface area contributed by atoms with Crippen LogP contribution in [0.3, 0.4) is 0 Å². The third-order valence-electron chi connectivity index (χ3n) is 3.74. The highest BCUT2D eigenvalue weighted by Gasteiger charge is 2.35. The number of rotatable bonds is 5. The summed E-state index contributed by atoms with van der Waals surface area (Å²) in [5, 5.41) is 23.1. The number of nitrogens with one attached hydrogen (secondary N) is 1. The van der Waals surface area contributed by atoms with Crippen LogP contribution < -0.4 is 10.1 Å². The van der Waals surface area contributed by atoms with Gasteiger partial charge in [-0.3, -0.25) is 14.9 Å². The topological polar surface area (TPSA) is 105 Å². The lowest BCUT2D eigenvalue weighted by atomic mass is 9.99. The van der Waals surface area contributed by atoms with Gasteiger partial charge in [-0.05, 0) is 44.7 Å². The second-order valence-corrected chi connectivity index (χ2v) is 5.23. The average Bonchev–Trinajstić information content (AvgIpc) is 2.96. The second-order valence-electron chi connectivity index (χ2n) is 5.23. The largest absolute Gasteiger partial charge is 0.487 e. The van der Waals surface area contributed by atoms with Gasteiger partial charge in [-0.15, -0.1) is 0 Å². The SMILES string of the molecule is CCOc1ccc(C(=O)NC2(C#N)CCCC2)cc1[N+](=O)[O-]. The molecule has 1 aliphatic carbocycles. The molecule has 1 amide bonds. The summed E-state index contributed by atoms with van der Waals surface area (Å²) in [6, 6.07) is 6.21. The minimum absolute atomic E-state index is 0.125. The highest BCUT2D eigenvalue weighted by molar-refractivity contribution is 5.96. The maximum Gasteiger partial charge on any atom is 0.311 e. The Bertz CT molecular complexity index is 630. The molecule has 1 aliphatic rings. The van der Waals surface area contributed by atoms with Gasteiger partial charge in [0.15, 0.2) is 5.75 Å². The number of nitro groups is 1. The van der Waals surface area contributed by atoms with Crippen molar-refractivity contribution in [2.75, 3.05) is 6.61 Å². The molecule has 0 saturated heterocycles. The fraction of sp³-hybridized carbons (Fsp3) is 0.467. The number of nitriles is 1. The lowest BCUT2D eigenvalue weighted by Crippen LogP contribution is -2.45. The molecule has 2 rings (SSSR count). The zero-order valence-corrected chi connectivity index (χ0v) is 12.3. The first-order valence-electron chi connectivity index (χ1n) is 7.16. The summed E-state index contributed by atoms with van der Waals surface area (Å²) in [5.74, 6) is -0.352. The van der Waals surface area contributed by atoms with Crippen LogP contribution in [-0.2, 0) is 0 Å². The van der Waals surface area contributed by atoms with E-state index in [9.17, 15) is 20.2 Å². The molecule has 7 heteroatoms. The zero-order chi connectivity index (χ0) is 16.2. The van der Waals surface area contributed by atoms with Gasteiger partial charge in [0.05, 0.1) is 17.6 Å². The predicted octanol–water partition coefficient (Wildman–Crippen LogP) is 2.56. The molecule has 0 heterocycles. The summed E-state index contributed by atoms with van der Waals surface area (Å²) in [6.07, 6.45) is 2.98. The van der Waals surface area contributed by atoms with E-state index < -0.39 is 16.4 Å². The van der Waals surface area contributed by atoms with Crippen LogP contribution in [0.15, 0.2) is 18.2 Å². The van der Waals surface area contributed by atoms with Crippen molar-refractivity contribution in [1.82, 2.24) is 5.32 Å². The lowest BCUT2D eigenvalue weighted by Gasteiger charge is -2.22. The Morgan fingerprint density at radius 1 is 1.50 bits per heavy atom. The number of ether oxygens (including phenoxy) is 1. The number of nitro benzene ring substituents is 1. The number of hydrogen-bond donors (Lipinski definition) is 1. The van der Waals surface area contributed by atoms with Crippen LogP contribution in [-0.4, -0.2) is 23.0 Å². The van der Waals surface area contributed by atoms with Crippen LogP contribution in [0.2, 0.25) is 0 Å². The molecule has 0 aliphatic heterocycles. The Hall–Kier alpha value is -2.62. The number of amides is 1. The second kappa shape index (κ2) is 6.43. The zero-order valence-electron chi connectivity index (χ0n) is 12.3. The van der Waals surface area contributed by atoms with Crippen LogP contribution in [0, 0.1) is 21.4 Å². The van der Waals surface area contributed by atoms with Crippen molar-refractivity contribution in [3.05, 3.63) is 33.9 Å². The summed E-state index contributed by atoms with van der Waals surface area (Å²) in [5.41, 5.74) is -0.964. The molecule has 7 nitrogen and oxygen atoms in total. The standard InChI is InChI=1S/C15H17N3O4/c1-2-22-13-6-5-11(9-12(13)18(20)21)14(19)17-15(10-16)7-3-4-8-15/h5-6,9H,2-4,7-8H2,1H3,(H,17,19). The monoisotopic (exact) mass is 303 g/mol. The van der Waals surface area contributed by atoms with Crippen LogP contribution in [0.5, 0.6) is 5.75 Å². The number of hydrogen-bond acceptors (Lipinski definition) is 5. The smallest absolute Gasteiger partial charge is 0.311 e. The fourth-order valence-electron chi connectivity index (χ4n) is 2.61. The number of carbonyl (C=O) groups is 1. The summed E-state index contributed by atoms with van der Waals surface area (Å²) < 4.78 is 5.18. The summed E-state index contributed by atoms with van der Waals surface area (Å²) in [7, 11) is 0. The molecule has 1 fully saturated rings. The van der Waals surface area contributed by atoms with Crippen molar-refractivity contribution >= 4 is 11.6 Å². The summed E-state index contributed by atoms with van der Waals surface area (Å²) in [6.45, 7) is 2.02. The Balaban J connectivity index is 2.25. The average molecular weight is 303 g/mol. The molecule has 22 heavy (non-hydrogen) atoms. The van der Waals surface area contributed by atoms with E-state index in [-0.39, 0.29) is 17.0 Å². The van der Waals surface area contributed by atoms with Crippen LogP contribution in [0.25, 0.3) is 0 Å². The number of benzene rings is 1. The quantitative estimate of drug-likeness (QED) is 0.664. The first-order chi connectivity index (χ1) is 10.5. The summed E-state index contributed by atoms with van der Waals surface area (Å²) in [4.78, 5) is 22.8. The van der Waals surface area contributed by atoms with Gasteiger partial charge in [0, 0.05) is 11.6 Å². The molecule has 1 N–H and O–H groups in total. The Labute approximate surface area is 128 Å². The third-order valence-corrected chi connectivity index (χ3v) is 3.74. The highest BCUT2D eigenvalue weighted by Crippen LogP contribution is 2.31. The molecule has 1 aromatic rings. The van der Waals surface area contributed by atoms with E-state index >= 15 is 0 Å². The molecule has 1 aromatic carbocycles. The van der Waals surface area contributed by atoms with E-state index in [0.29, 0.717) is 19.4 Å². The molecular formula is C15H17N3O4. The summed E-state index contributed by atoms with van der Waals surface area (Å²) >= 11 is 0. The molecule has 0 atom stereocenters. The lowest BCUT2D eigenvalue weighted by molar-refractivity contribution is -0.385. The van der Waals surface area contributed by atoms with Gasteiger partial charge in [-0.25, -0.2) is 0 Å². The molecule has 1 saturated carbocycles. The molecule has 0 unspecified atom stereocenters. The van der Waals surface area contributed by atoms with Gasteiger partial charge in [0.25, 0.3) is 5.91 Å². The van der Waals surface area contributed by atoms with Crippen LogP contribution >= 0.6 is 0 Å². The van der Waals surface area contributed by atoms with Crippen LogP contribution in [0.1, 0.15) is 43.0 Å². The van der Waals surface area contributed by atoms with Crippen molar-refractivity contribution in [3.8, 4) is 11.8 Å². The van der Waals surface area contributed by atoms with E-state index in [1.807, 2.05) is 0 Å². The van der Waals surface area contributed by atoms with Crippen molar-refractivity contribution in [1.29, 1.82) is 5.26 Å². The van der Waals surface area contributed by atoms with Crippen molar-refractivity contribution < 1.29 is 14.5 Å². The molecule has 0 bridgehead atoms. The molecule has 0 aromatic heterocycles. The molecule has 116 valence electrons. The van der Waals surface area contributed by atoms with Gasteiger partial charge >= 0.3 is 5.69 Å². The molecule has 0 radical (unpaired) electrons. The van der Waals surface area contributed by atoms with Gasteiger partial charge in [0.1, 0.15) is 5.54 Å². The van der Waals surface area contributed by atoms with Crippen molar-refractivity contribution in [3.63, 3.8) is 0 Å². The van der Waals surface area contributed by atoms with Crippen LogP contribution in [0.4, 0.5) is 5.69 Å². The van der Waals surface area contributed by atoms with Gasteiger partial charge < -0.3 is 10.1 Å². The van der Waals surface area contributed by atoms with Gasteiger partial charge in [-0.2, -0.15) is 5.26 Å². The maximum atomic E-state index is 12.3. The maximum absolute atomic E-state index is 12.3.